The quantitative estimate of drug-likeness (QED) is 0.618. The van der Waals surface area contributed by atoms with Crippen LogP contribution in [0.4, 0.5) is 0 Å². The van der Waals surface area contributed by atoms with Crippen molar-refractivity contribution in [3.05, 3.63) is 12.2 Å². The van der Waals surface area contributed by atoms with Crippen molar-refractivity contribution in [2.24, 2.45) is 5.73 Å². The van der Waals surface area contributed by atoms with Crippen molar-refractivity contribution in [2.75, 3.05) is 0 Å². The van der Waals surface area contributed by atoms with E-state index >= 15 is 0 Å². The molecule has 68 valence electrons. The van der Waals surface area contributed by atoms with E-state index in [1.807, 2.05) is 6.92 Å². The molecule has 0 heterocycles. The highest BCUT2D eigenvalue weighted by molar-refractivity contribution is 5.73. The summed E-state index contributed by atoms with van der Waals surface area (Å²) in [5.41, 5.74) is 5.91. The SMILES string of the molecule is C.C=C(C)CC.CCC(N)=O. The molecule has 0 fully saturated rings. The first kappa shape index (κ1) is 16.7. The number of amides is 1. The van der Waals surface area contributed by atoms with Crippen molar-refractivity contribution in [3.63, 3.8) is 0 Å². The maximum Gasteiger partial charge on any atom is 0.217 e. The zero-order valence-electron chi connectivity index (χ0n) is 7.11. The minimum Gasteiger partial charge on any atom is -0.370 e. The number of rotatable bonds is 2. The van der Waals surface area contributed by atoms with Crippen molar-refractivity contribution < 1.29 is 4.79 Å². The summed E-state index contributed by atoms with van der Waals surface area (Å²) in [6.45, 7) is 9.53. The third-order valence-electron chi connectivity index (χ3n) is 0.952. The molecule has 2 N–H and O–H groups in total. The second-order valence-electron chi connectivity index (χ2n) is 2.13. The van der Waals surface area contributed by atoms with Crippen molar-refractivity contribution in [1.82, 2.24) is 0 Å². The summed E-state index contributed by atoms with van der Waals surface area (Å²) in [6.07, 6.45) is 1.56. The van der Waals surface area contributed by atoms with Gasteiger partial charge in [-0.1, -0.05) is 26.8 Å². The van der Waals surface area contributed by atoms with E-state index in [0.29, 0.717) is 6.42 Å². The lowest BCUT2D eigenvalue weighted by Crippen LogP contribution is -2.06. The molecule has 11 heavy (non-hydrogen) atoms. The lowest BCUT2D eigenvalue weighted by molar-refractivity contribution is -0.117. The minimum absolute atomic E-state index is 0. The van der Waals surface area contributed by atoms with Gasteiger partial charge in [0.05, 0.1) is 0 Å². The Morgan fingerprint density at radius 3 is 1.55 bits per heavy atom. The van der Waals surface area contributed by atoms with Crippen molar-refractivity contribution in [3.8, 4) is 0 Å². The van der Waals surface area contributed by atoms with Crippen LogP contribution in [0.15, 0.2) is 12.2 Å². The first-order valence-corrected chi connectivity index (χ1v) is 3.47. The van der Waals surface area contributed by atoms with E-state index in [0.717, 1.165) is 6.42 Å². The Hall–Kier alpha value is -0.790. The molecule has 1 amide bonds. The van der Waals surface area contributed by atoms with Gasteiger partial charge in [-0.15, -0.1) is 6.58 Å². The molecule has 0 aromatic carbocycles. The third-order valence-corrected chi connectivity index (χ3v) is 0.952. The monoisotopic (exact) mass is 159 g/mol. The van der Waals surface area contributed by atoms with Crippen LogP contribution in [0.5, 0.6) is 0 Å². The van der Waals surface area contributed by atoms with Crippen LogP contribution < -0.4 is 5.73 Å². The van der Waals surface area contributed by atoms with Crippen LogP contribution in [0.3, 0.4) is 0 Å². The molecule has 0 bridgehead atoms. The fraction of sp³-hybridized carbons (Fsp3) is 0.667. The Bertz CT molecular complexity index is 94.1. The van der Waals surface area contributed by atoms with E-state index in [9.17, 15) is 4.79 Å². The lowest BCUT2D eigenvalue weighted by Gasteiger charge is -1.79. The van der Waals surface area contributed by atoms with Crippen LogP contribution >= 0.6 is 0 Å². The molecule has 0 aliphatic heterocycles. The Morgan fingerprint density at radius 1 is 1.36 bits per heavy atom. The van der Waals surface area contributed by atoms with Gasteiger partial charge in [0.15, 0.2) is 0 Å². The third kappa shape index (κ3) is 46.5. The lowest BCUT2D eigenvalue weighted by atomic mass is 10.3. The highest BCUT2D eigenvalue weighted by Gasteiger charge is 1.77. The van der Waals surface area contributed by atoms with Gasteiger partial charge in [-0.05, 0) is 13.3 Å². The number of carbonyl (C=O) groups excluding carboxylic acids is 1. The van der Waals surface area contributed by atoms with Crippen molar-refractivity contribution in [1.29, 1.82) is 0 Å². The van der Waals surface area contributed by atoms with Gasteiger partial charge in [-0.2, -0.15) is 0 Å². The molecule has 0 aromatic rings. The fourth-order valence-electron chi connectivity index (χ4n) is 0. The summed E-state index contributed by atoms with van der Waals surface area (Å²) >= 11 is 0. The highest BCUT2D eigenvalue weighted by atomic mass is 16.1. The molecule has 0 aliphatic rings. The van der Waals surface area contributed by atoms with E-state index < -0.39 is 0 Å². The molecule has 0 aliphatic carbocycles. The summed E-state index contributed by atoms with van der Waals surface area (Å²) in [7, 11) is 0. The van der Waals surface area contributed by atoms with Gasteiger partial charge in [0.1, 0.15) is 0 Å². The predicted octanol–water partition coefficient (Wildman–Crippen LogP) is 2.49. The van der Waals surface area contributed by atoms with E-state index in [4.69, 9.17) is 0 Å². The zero-order chi connectivity index (χ0) is 8.57. The Kier molecular flexibility index (Phi) is 18.1. The van der Waals surface area contributed by atoms with Gasteiger partial charge >= 0.3 is 0 Å². The molecule has 0 saturated carbocycles. The number of allylic oxidation sites excluding steroid dienone is 1. The Balaban J connectivity index is -0.000000107. The molecule has 0 atom stereocenters. The second kappa shape index (κ2) is 11.9. The summed E-state index contributed by atoms with van der Waals surface area (Å²) in [5, 5.41) is 0. The van der Waals surface area contributed by atoms with Crippen LogP contribution in [0.2, 0.25) is 0 Å². The average molecular weight is 159 g/mol. The van der Waals surface area contributed by atoms with Gasteiger partial charge in [-0.3, -0.25) is 4.79 Å². The standard InChI is InChI=1S/C5H10.C3H7NO.CH4/c1-4-5(2)3;1-2-3(4)5;/h2,4H2,1,3H3;2H2,1H3,(H2,4,5);1H4. The molecule has 0 spiro atoms. The number of hydrogen-bond donors (Lipinski definition) is 1. The van der Waals surface area contributed by atoms with Crippen molar-refractivity contribution >= 4 is 5.91 Å². The second-order valence-corrected chi connectivity index (χ2v) is 2.13. The van der Waals surface area contributed by atoms with Gasteiger partial charge in [-0.25, -0.2) is 0 Å². The van der Waals surface area contributed by atoms with Crippen LogP contribution in [0.25, 0.3) is 0 Å². The average Bonchev–Trinajstić information content (AvgIpc) is 1.89. The molecule has 0 unspecified atom stereocenters. The number of hydrogen-bond acceptors (Lipinski definition) is 1. The molecule has 0 saturated heterocycles. The topological polar surface area (TPSA) is 43.1 Å². The van der Waals surface area contributed by atoms with Gasteiger partial charge in [0.25, 0.3) is 0 Å². The molecule has 2 nitrogen and oxygen atoms in total. The molecular weight excluding hydrogens is 138 g/mol. The largest absolute Gasteiger partial charge is 0.370 e. The molecule has 2 heteroatoms. The van der Waals surface area contributed by atoms with E-state index in [-0.39, 0.29) is 13.3 Å². The van der Waals surface area contributed by atoms with E-state index in [1.165, 1.54) is 5.57 Å². The summed E-state index contributed by atoms with van der Waals surface area (Å²) in [5.74, 6) is -0.245. The Morgan fingerprint density at radius 2 is 1.55 bits per heavy atom. The summed E-state index contributed by atoms with van der Waals surface area (Å²) in [4.78, 5) is 9.59. The smallest absolute Gasteiger partial charge is 0.217 e. The van der Waals surface area contributed by atoms with E-state index in [1.54, 1.807) is 6.92 Å². The van der Waals surface area contributed by atoms with Crippen LogP contribution in [-0.4, -0.2) is 5.91 Å². The molecule has 0 aromatic heterocycles. The van der Waals surface area contributed by atoms with Crippen LogP contribution in [0, 0.1) is 0 Å². The van der Waals surface area contributed by atoms with Gasteiger partial charge < -0.3 is 5.73 Å². The minimum atomic E-state index is -0.245. The fourth-order valence-corrected chi connectivity index (χ4v) is 0. The zero-order valence-corrected chi connectivity index (χ0v) is 7.11. The number of nitrogens with two attached hydrogens (primary N) is 1. The maximum absolute atomic E-state index is 9.59. The first-order chi connectivity index (χ1) is 4.54. The predicted molar refractivity (Wildman–Crippen MR) is 51.3 cm³/mol. The van der Waals surface area contributed by atoms with Crippen molar-refractivity contribution in [2.45, 2.75) is 41.0 Å². The first-order valence-electron chi connectivity index (χ1n) is 3.47. The Labute approximate surface area is 70.5 Å². The van der Waals surface area contributed by atoms with E-state index in [2.05, 4.69) is 19.2 Å². The molecule has 0 radical (unpaired) electrons. The molecular formula is C9H21NO. The summed E-state index contributed by atoms with van der Waals surface area (Å²) in [6, 6.07) is 0. The highest BCUT2D eigenvalue weighted by Crippen LogP contribution is 1.88. The van der Waals surface area contributed by atoms with Crippen LogP contribution in [-0.2, 0) is 4.79 Å². The summed E-state index contributed by atoms with van der Waals surface area (Å²) < 4.78 is 0. The molecule has 0 rings (SSSR count). The van der Waals surface area contributed by atoms with Gasteiger partial charge in [0.2, 0.25) is 5.91 Å². The van der Waals surface area contributed by atoms with Crippen LogP contribution in [0.1, 0.15) is 41.0 Å². The number of carbonyl (C=O) groups is 1. The maximum atomic E-state index is 9.59. The number of primary amides is 1. The van der Waals surface area contributed by atoms with Gasteiger partial charge in [0, 0.05) is 6.42 Å². The normalized spacial score (nSPS) is 6.82.